The molecule has 0 saturated carbocycles. The third kappa shape index (κ3) is 13.9. The molecule has 0 saturated heterocycles. The molecule has 0 aliphatic rings. The predicted octanol–water partition coefficient (Wildman–Crippen LogP) is 1.10. The van der Waals surface area contributed by atoms with Crippen LogP contribution in [0.4, 0.5) is 0 Å². The van der Waals surface area contributed by atoms with Gasteiger partial charge in [-0.2, -0.15) is 0 Å². The molecule has 0 aromatic rings. The summed E-state index contributed by atoms with van der Waals surface area (Å²) in [5.74, 6) is 0. The van der Waals surface area contributed by atoms with Crippen molar-refractivity contribution < 1.29 is 0 Å². The van der Waals surface area contributed by atoms with Gasteiger partial charge in [0.15, 0.2) is 0 Å². The summed E-state index contributed by atoms with van der Waals surface area (Å²) in [5, 5.41) is 0. The summed E-state index contributed by atoms with van der Waals surface area (Å²) < 4.78 is 0. The van der Waals surface area contributed by atoms with Crippen molar-refractivity contribution in [3.8, 4) is 0 Å². The molecule has 1 radical (unpaired) electrons. The van der Waals surface area contributed by atoms with E-state index in [0.29, 0.717) is 0 Å². The first kappa shape index (κ1) is 4.82. The predicted molar refractivity (Wildman–Crippen MR) is 24.7 cm³/mol. The minimum atomic E-state index is -0.543. The molecule has 0 aliphatic carbocycles. The van der Waals surface area contributed by atoms with E-state index in [1.54, 1.807) is 0 Å². The van der Waals surface area contributed by atoms with E-state index in [1.807, 2.05) is 0 Å². The van der Waals surface area contributed by atoms with Gasteiger partial charge in [-0.3, -0.25) is 0 Å². The average molecular weight is 168 g/mol. The Balaban J connectivity index is 2.32. The van der Waals surface area contributed by atoms with Crippen LogP contribution in [0.25, 0.3) is 0 Å². The van der Waals surface area contributed by atoms with Crippen molar-refractivity contribution in [3.05, 3.63) is 0 Å². The van der Waals surface area contributed by atoms with Crippen molar-refractivity contribution in [1.82, 2.24) is 0 Å². The summed E-state index contributed by atoms with van der Waals surface area (Å²) in [6.07, 6.45) is 0. The molecule has 0 spiro atoms. The van der Waals surface area contributed by atoms with E-state index in [-0.39, 0.29) is 0 Å². The SMILES string of the molecule is [CH3][SbH]([CH3])[CH3]. The molecule has 0 N–H and O–H groups in total. The summed E-state index contributed by atoms with van der Waals surface area (Å²) in [6.45, 7) is 0. The zero-order valence-corrected chi connectivity index (χ0v) is 6.35. The van der Waals surface area contributed by atoms with Gasteiger partial charge in [0, 0.05) is 0 Å². The van der Waals surface area contributed by atoms with E-state index in [2.05, 4.69) is 14.6 Å². The third-order valence-corrected chi connectivity index (χ3v) is 0. The Morgan fingerprint density at radius 2 is 1.00 bits per heavy atom. The normalized spacial score (nSPS) is 9.00. The molecule has 27 valence electrons. The van der Waals surface area contributed by atoms with E-state index in [9.17, 15) is 0 Å². The molecule has 0 heterocycles. The molecule has 0 amide bonds. The van der Waals surface area contributed by atoms with Gasteiger partial charge < -0.3 is 0 Å². The van der Waals surface area contributed by atoms with Gasteiger partial charge in [0.2, 0.25) is 0 Å². The zero-order valence-electron chi connectivity index (χ0n) is 3.50. The summed E-state index contributed by atoms with van der Waals surface area (Å²) in [4.78, 5) is 7.09. The molecular formula is C3H10Sb. The monoisotopic (exact) mass is 167 g/mol. The fraction of sp³-hybridized carbons (Fsp3) is 1.00. The Morgan fingerprint density at radius 3 is 1.00 bits per heavy atom. The van der Waals surface area contributed by atoms with Gasteiger partial charge in [-0.1, -0.05) is 0 Å². The molecule has 0 aromatic heterocycles. The van der Waals surface area contributed by atoms with Crippen LogP contribution < -0.4 is 0 Å². The second-order valence-electron chi connectivity index (χ2n) is 1.50. The van der Waals surface area contributed by atoms with Crippen molar-refractivity contribution in [1.29, 1.82) is 0 Å². The van der Waals surface area contributed by atoms with Gasteiger partial charge in [0.1, 0.15) is 0 Å². The molecule has 0 aliphatic heterocycles. The first-order valence-corrected chi connectivity index (χ1v) is 10.1. The summed E-state index contributed by atoms with van der Waals surface area (Å²) in [7, 11) is 0. The van der Waals surface area contributed by atoms with Crippen LogP contribution in [0.2, 0.25) is 14.6 Å². The second-order valence-corrected chi connectivity index (χ2v) is 10.1. The van der Waals surface area contributed by atoms with Crippen molar-refractivity contribution in [2.45, 2.75) is 14.6 Å². The van der Waals surface area contributed by atoms with Crippen LogP contribution in [0.5, 0.6) is 0 Å². The van der Waals surface area contributed by atoms with E-state index >= 15 is 0 Å². The third-order valence-electron chi connectivity index (χ3n) is 0. The summed E-state index contributed by atoms with van der Waals surface area (Å²) >= 11 is -0.543. The fourth-order valence-electron chi connectivity index (χ4n) is 0. The zero-order chi connectivity index (χ0) is 3.58. The molecule has 0 fully saturated rings. The molecule has 0 nitrogen and oxygen atoms in total. The van der Waals surface area contributed by atoms with Gasteiger partial charge >= 0.3 is 34.8 Å². The Morgan fingerprint density at radius 1 is 1.00 bits per heavy atom. The quantitative estimate of drug-likeness (QED) is 0.475. The number of hydrogen-bond acceptors (Lipinski definition) is 0. The van der Waals surface area contributed by atoms with Crippen molar-refractivity contribution in [2.24, 2.45) is 0 Å². The Hall–Kier alpha value is 0.818. The van der Waals surface area contributed by atoms with E-state index in [1.165, 1.54) is 0 Å². The topological polar surface area (TPSA) is 0 Å². The Kier molecular flexibility index (Phi) is 2.51. The van der Waals surface area contributed by atoms with Crippen LogP contribution in [0.1, 0.15) is 0 Å². The number of rotatable bonds is 0. The van der Waals surface area contributed by atoms with Crippen molar-refractivity contribution in [3.63, 3.8) is 0 Å². The van der Waals surface area contributed by atoms with Gasteiger partial charge in [-0.25, -0.2) is 0 Å². The summed E-state index contributed by atoms with van der Waals surface area (Å²) in [5.41, 5.74) is 0. The van der Waals surface area contributed by atoms with Crippen LogP contribution in [0.3, 0.4) is 0 Å². The van der Waals surface area contributed by atoms with Crippen LogP contribution >= 0.6 is 0 Å². The van der Waals surface area contributed by atoms with Gasteiger partial charge in [0.05, 0.1) is 0 Å². The molecule has 0 unspecified atom stereocenters. The molecule has 0 atom stereocenters. The second kappa shape index (κ2) is 2.08. The molecule has 0 aromatic carbocycles. The standard InChI is InChI=1S/3CH3.Sb.H/h3*1H3;;. The molecular weight excluding hydrogens is 158 g/mol. The van der Waals surface area contributed by atoms with Gasteiger partial charge in [-0.15, -0.1) is 0 Å². The van der Waals surface area contributed by atoms with E-state index in [0.717, 1.165) is 0 Å². The molecule has 0 rings (SSSR count). The Bertz CT molecular complexity index is 8.00. The van der Waals surface area contributed by atoms with Crippen molar-refractivity contribution in [2.75, 3.05) is 0 Å². The average Bonchev–Trinajstić information content (AvgIpc) is 0.811. The first-order chi connectivity index (χ1) is 1.73. The van der Waals surface area contributed by atoms with Gasteiger partial charge in [0.25, 0.3) is 0 Å². The van der Waals surface area contributed by atoms with Gasteiger partial charge in [-0.05, 0) is 0 Å². The fourth-order valence-corrected chi connectivity index (χ4v) is 0. The first-order valence-electron chi connectivity index (χ1n) is 1.50. The van der Waals surface area contributed by atoms with E-state index < -0.39 is 20.2 Å². The maximum atomic E-state index is 2.36. The molecule has 0 bridgehead atoms. The van der Waals surface area contributed by atoms with Crippen LogP contribution in [-0.2, 0) is 0 Å². The van der Waals surface area contributed by atoms with Crippen LogP contribution in [-0.4, -0.2) is 20.2 Å². The minimum absolute atomic E-state index is 0.543. The van der Waals surface area contributed by atoms with E-state index in [4.69, 9.17) is 0 Å². The van der Waals surface area contributed by atoms with Crippen molar-refractivity contribution >= 4 is 20.2 Å². The summed E-state index contributed by atoms with van der Waals surface area (Å²) in [6, 6.07) is 0. The Labute approximate surface area is 35.2 Å². The van der Waals surface area contributed by atoms with Crippen LogP contribution in [0.15, 0.2) is 0 Å². The maximum absolute atomic E-state index is 2.36. The molecule has 4 heavy (non-hydrogen) atoms. The number of hydrogen-bond donors (Lipinski definition) is 0. The molecule has 1 heteroatoms. The van der Waals surface area contributed by atoms with Crippen LogP contribution in [0, 0.1) is 0 Å².